The molecule has 0 fully saturated rings. The first kappa shape index (κ1) is 15.5. The van der Waals surface area contributed by atoms with Gasteiger partial charge in [-0.1, -0.05) is 54.3 Å². The molecule has 0 aliphatic carbocycles. The average molecular weight is 300 g/mol. The van der Waals surface area contributed by atoms with Gasteiger partial charge in [-0.25, -0.2) is 0 Å². The lowest BCUT2D eigenvalue weighted by atomic mass is 10.2. The molecule has 0 aliphatic heterocycles. The highest BCUT2D eigenvalue weighted by molar-refractivity contribution is 8.47. The summed E-state index contributed by atoms with van der Waals surface area (Å²) in [5.41, 5.74) is 1.26. The van der Waals surface area contributed by atoms with E-state index in [1.165, 1.54) is 24.4 Å². The summed E-state index contributed by atoms with van der Waals surface area (Å²) in [6.07, 6.45) is 0.404. The van der Waals surface area contributed by atoms with Crippen LogP contribution in [-0.2, 0) is 9.53 Å². The maximum Gasteiger partial charge on any atom is 0.306 e. The van der Waals surface area contributed by atoms with Gasteiger partial charge < -0.3 is 4.74 Å². The molecular formula is C13H16O2S3. The van der Waals surface area contributed by atoms with Crippen LogP contribution in [0.3, 0.4) is 0 Å². The van der Waals surface area contributed by atoms with Gasteiger partial charge in [0.25, 0.3) is 0 Å². The van der Waals surface area contributed by atoms with Crippen molar-refractivity contribution in [2.24, 2.45) is 0 Å². The van der Waals surface area contributed by atoms with Crippen molar-refractivity contribution in [3.05, 3.63) is 35.9 Å². The monoisotopic (exact) mass is 300 g/mol. The Kier molecular flexibility index (Phi) is 7.39. The van der Waals surface area contributed by atoms with Crippen LogP contribution in [0.15, 0.2) is 30.3 Å². The molecule has 0 aliphatic rings. The molecule has 0 bridgehead atoms. The zero-order valence-electron chi connectivity index (χ0n) is 10.4. The van der Waals surface area contributed by atoms with E-state index in [9.17, 15) is 4.79 Å². The van der Waals surface area contributed by atoms with Gasteiger partial charge in [0.2, 0.25) is 0 Å². The van der Waals surface area contributed by atoms with E-state index in [0.717, 1.165) is 3.53 Å². The quantitative estimate of drug-likeness (QED) is 0.603. The molecule has 1 rings (SSSR count). The third kappa shape index (κ3) is 5.89. The summed E-state index contributed by atoms with van der Waals surface area (Å²) in [5, 5.41) is 0.337. The molecule has 98 valence electrons. The molecule has 2 nitrogen and oxygen atoms in total. The lowest BCUT2D eigenvalue weighted by molar-refractivity contribution is -0.140. The summed E-state index contributed by atoms with van der Waals surface area (Å²) in [5.74, 6) is 0.492. The standard InChI is InChI=1S/C13H16O2S3/c1-10(11-6-4-3-5-7-11)18-13(16)17-9-8-12(14)15-2/h3-7,10H,8-9H2,1-2H3. The molecular weight excluding hydrogens is 284 g/mol. The van der Waals surface area contributed by atoms with Gasteiger partial charge in [-0.3, -0.25) is 4.79 Å². The fourth-order valence-corrected chi connectivity index (χ4v) is 3.95. The van der Waals surface area contributed by atoms with E-state index in [1.807, 2.05) is 18.2 Å². The molecule has 1 aromatic carbocycles. The topological polar surface area (TPSA) is 26.3 Å². The van der Waals surface area contributed by atoms with Crippen LogP contribution >= 0.6 is 35.7 Å². The van der Waals surface area contributed by atoms with Crippen LogP contribution in [-0.4, -0.2) is 22.4 Å². The molecule has 0 aromatic heterocycles. The number of benzene rings is 1. The third-order valence-electron chi connectivity index (χ3n) is 2.30. The number of hydrogen-bond acceptors (Lipinski definition) is 5. The Morgan fingerprint density at radius 3 is 2.67 bits per heavy atom. The number of carbonyl (C=O) groups excluding carboxylic acids is 1. The summed E-state index contributed by atoms with van der Waals surface area (Å²) in [6, 6.07) is 10.3. The van der Waals surface area contributed by atoms with Crippen LogP contribution in [0, 0.1) is 0 Å². The van der Waals surface area contributed by atoms with Gasteiger partial charge in [-0.15, -0.1) is 11.8 Å². The number of hydrogen-bond donors (Lipinski definition) is 0. The minimum absolute atomic E-state index is 0.189. The number of thioether (sulfide) groups is 2. The second kappa shape index (κ2) is 8.56. The molecule has 0 N–H and O–H groups in total. The van der Waals surface area contributed by atoms with E-state index in [1.54, 1.807) is 11.8 Å². The Morgan fingerprint density at radius 2 is 2.06 bits per heavy atom. The number of rotatable bonds is 5. The van der Waals surface area contributed by atoms with Gasteiger partial charge in [-0.2, -0.15) is 0 Å². The fourth-order valence-electron chi connectivity index (χ4n) is 1.29. The molecule has 5 heteroatoms. The van der Waals surface area contributed by atoms with Crippen molar-refractivity contribution in [1.29, 1.82) is 0 Å². The van der Waals surface area contributed by atoms with E-state index < -0.39 is 0 Å². The number of methoxy groups -OCH3 is 1. The molecule has 18 heavy (non-hydrogen) atoms. The zero-order chi connectivity index (χ0) is 13.4. The zero-order valence-corrected chi connectivity index (χ0v) is 12.9. The largest absolute Gasteiger partial charge is 0.469 e. The van der Waals surface area contributed by atoms with Crippen molar-refractivity contribution >= 4 is 45.2 Å². The fraction of sp³-hybridized carbons (Fsp3) is 0.385. The molecule has 0 spiro atoms. The highest BCUT2D eigenvalue weighted by atomic mass is 32.2. The first-order valence-corrected chi connectivity index (χ1v) is 7.86. The third-order valence-corrected chi connectivity index (χ3v) is 5.04. The molecule has 0 heterocycles. The van der Waals surface area contributed by atoms with Crippen LogP contribution in [0.1, 0.15) is 24.2 Å². The average Bonchev–Trinajstić information content (AvgIpc) is 2.39. The molecule has 0 saturated carbocycles. The number of ether oxygens (including phenoxy) is 1. The maximum atomic E-state index is 11.0. The molecule has 0 radical (unpaired) electrons. The van der Waals surface area contributed by atoms with Gasteiger partial charge in [0.15, 0.2) is 0 Å². The Hall–Kier alpha value is -0.520. The molecule has 1 aromatic rings. The van der Waals surface area contributed by atoms with Crippen molar-refractivity contribution in [1.82, 2.24) is 0 Å². The normalized spacial score (nSPS) is 11.9. The van der Waals surface area contributed by atoms with E-state index in [-0.39, 0.29) is 5.97 Å². The second-order valence-electron chi connectivity index (χ2n) is 3.60. The Labute approximate surface area is 122 Å². The smallest absolute Gasteiger partial charge is 0.306 e. The van der Waals surface area contributed by atoms with Crippen molar-refractivity contribution in [2.45, 2.75) is 18.6 Å². The van der Waals surface area contributed by atoms with Gasteiger partial charge in [0.05, 0.1) is 13.5 Å². The molecule has 1 unspecified atom stereocenters. The first-order valence-electron chi connectivity index (χ1n) is 5.58. The lowest BCUT2D eigenvalue weighted by Gasteiger charge is -2.11. The summed E-state index contributed by atoms with van der Waals surface area (Å²) in [4.78, 5) is 11.0. The molecule has 0 amide bonds. The minimum Gasteiger partial charge on any atom is -0.469 e. The number of thiocarbonyl (C=S) groups is 1. The van der Waals surface area contributed by atoms with Crippen molar-refractivity contribution in [2.75, 3.05) is 12.9 Å². The van der Waals surface area contributed by atoms with Gasteiger partial charge >= 0.3 is 5.97 Å². The lowest BCUT2D eigenvalue weighted by Crippen LogP contribution is -2.02. The van der Waals surface area contributed by atoms with E-state index in [2.05, 4.69) is 23.8 Å². The predicted molar refractivity (Wildman–Crippen MR) is 84.1 cm³/mol. The van der Waals surface area contributed by atoms with Crippen LogP contribution in [0.25, 0.3) is 0 Å². The van der Waals surface area contributed by atoms with Crippen LogP contribution < -0.4 is 0 Å². The van der Waals surface area contributed by atoms with Crippen LogP contribution in [0.4, 0.5) is 0 Å². The summed E-state index contributed by atoms with van der Waals surface area (Å²) in [7, 11) is 1.40. The summed E-state index contributed by atoms with van der Waals surface area (Å²) >= 11 is 8.48. The van der Waals surface area contributed by atoms with E-state index >= 15 is 0 Å². The van der Waals surface area contributed by atoms with Crippen molar-refractivity contribution in [3.8, 4) is 0 Å². The van der Waals surface area contributed by atoms with Crippen LogP contribution in [0.5, 0.6) is 0 Å². The Bertz CT molecular complexity index is 392. The second-order valence-corrected chi connectivity index (χ2v) is 7.24. The van der Waals surface area contributed by atoms with Crippen molar-refractivity contribution in [3.63, 3.8) is 0 Å². The number of carbonyl (C=O) groups is 1. The molecule has 0 saturated heterocycles. The van der Waals surface area contributed by atoms with Gasteiger partial charge in [0, 0.05) is 11.0 Å². The highest BCUT2D eigenvalue weighted by Gasteiger charge is 2.10. The first-order chi connectivity index (χ1) is 8.63. The summed E-state index contributed by atoms with van der Waals surface area (Å²) in [6.45, 7) is 2.13. The number of esters is 1. The van der Waals surface area contributed by atoms with E-state index in [4.69, 9.17) is 12.2 Å². The Morgan fingerprint density at radius 1 is 1.39 bits per heavy atom. The van der Waals surface area contributed by atoms with Gasteiger partial charge in [0.1, 0.15) is 3.53 Å². The predicted octanol–water partition coefficient (Wildman–Crippen LogP) is 4.06. The highest BCUT2D eigenvalue weighted by Crippen LogP contribution is 2.33. The van der Waals surface area contributed by atoms with Gasteiger partial charge in [-0.05, 0) is 12.5 Å². The SMILES string of the molecule is COC(=O)CCSC(=S)SC(C)c1ccccc1. The van der Waals surface area contributed by atoms with Crippen molar-refractivity contribution < 1.29 is 9.53 Å². The van der Waals surface area contributed by atoms with Crippen LogP contribution in [0.2, 0.25) is 0 Å². The maximum absolute atomic E-state index is 11.0. The summed E-state index contributed by atoms with van der Waals surface area (Å²) < 4.78 is 5.45. The minimum atomic E-state index is -0.189. The Balaban J connectivity index is 2.30. The van der Waals surface area contributed by atoms with E-state index in [0.29, 0.717) is 17.4 Å². The molecule has 1 atom stereocenters.